The van der Waals surface area contributed by atoms with Crippen molar-refractivity contribution < 1.29 is 29.0 Å². The van der Waals surface area contributed by atoms with E-state index in [1.165, 1.54) is 0 Å². The van der Waals surface area contributed by atoms with Crippen molar-refractivity contribution in [2.45, 2.75) is 58.8 Å². The quantitative estimate of drug-likeness (QED) is 0.604. The number of Topliss-reactive ketones (excluding diaryl/α,β-unsaturated/α-hetero) is 1. The zero-order valence-electron chi connectivity index (χ0n) is 15.0. The fourth-order valence-electron chi connectivity index (χ4n) is 4.28. The highest BCUT2D eigenvalue weighted by Gasteiger charge is 2.60. The molecule has 1 aliphatic heterocycles. The third-order valence-electron chi connectivity index (χ3n) is 5.83. The minimum Gasteiger partial charge on any atom is -0.461 e. The lowest BCUT2D eigenvalue weighted by Gasteiger charge is -2.50. The Morgan fingerprint density at radius 1 is 1.40 bits per heavy atom. The molecule has 5 atom stereocenters. The number of allylic oxidation sites excluding steroid dienone is 1. The van der Waals surface area contributed by atoms with E-state index in [9.17, 15) is 19.5 Å². The Kier molecular flexibility index (Phi) is 4.14. The van der Waals surface area contributed by atoms with Crippen molar-refractivity contribution in [2.75, 3.05) is 0 Å². The number of aliphatic hydroxyl groups is 1. The van der Waals surface area contributed by atoms with E-state index >= 15 is 0 Å². The smallest absolute Gasteiger partial charge is 0.334 e. The van der Waals surface area contributed by atoms with Crippen LogP contribution in [-0.4, -0.2) is 41.1 Å². The van der Waals surface area contributed by atoms with Crippen LogP contribution in [0.3, 0.4) is 0 Å². The van der Waals surface area contributed by atoms with E-state index in [4.69, 9.17) is 9.47 Å². The summed E-state index contributed by atoms with van der Waals surface area (Å²) in [6.07, 6.45) is -1.91. The molecule has 136 valence electrons. The van der Waals surface area contributed by atoms with Gasteiger partial charge in [-0.2, -0.15) is 0 Å². The molecule has 0 spiro atoms. The zero-order valence-corrected chi connectivity index (χ0v) is 15.0. The summed E-state index contributed by atoms with van der Waals surface area (Å²) in [5, 5.41) is 10.6. The number of carbonyl (C=O) groups excluding carboxylic acids is 3. The highest BCUT2D eigenvalue weighted by molar-refractivity contribution is 5.98. The number of rotatable bonds is 2. The molecule has 1 N–H and O–H groups in total. The first-order chi connectivity index (χ1) is 11.6. The van der Waals surface area contributed by atoms with Crippen LogP contribution in [0.5, 0.6) is 0 Å². The first-order valence-electron chi connectivity index (χ1n) is 8.60. The van der Waals surface area contributed by atoms with E-state index in [0.29, 0.717) is 17.6 Å². The van der Waals surface area contributed by atoms with Crippen LogP contribution in [0.1, 0.15) is 40.5 Å². The van der Waals surface area contributed by atoms with Crippen LogP contribution in [0.25, 0.3) is 0 Å². The number of hydrogen-bond acceptors (Lipinski definition) is 6. The first-order valence-corrected chi connectivity index (χ1v) is 8.60. The number of esters is 2. The van der Waals surface area contributed by atoms with Crippen molar-refractivity contribution in [2.24, 2.45) is 17.3 Å². The summed E-state index contributed by atoms with van der Waals surface area (Å²) in [7, 11) is 0. The third kappa shape index (κ3) is 2.54. The van der Waals surface area contributed by atoms with E-state index in [1.807, 2.05) is 6.92 Å². The van der Waals surface area contributed by atoms with Gasteiger partial charge in [-0.1, -0.05) is 27.4 Å². The Balaban J connectivity index is 2.09. The molecule has 1 saturated heterocycles. The largest absolute Gasteiger partial charge is 0.461 e. The Morgan fingerprint density at radius 2 is 2.04 bits per heavy atom. The zero-order chi connectivity index (χ0) is 18.7. The molecule has 6 nitrogen and oxygen atoms in total. The summed E-state index contributed by atoms with van der Waals surface area (Å²) in [5.74, 6) is -1.90. The van der Waals surface area contributed by atoms with Gasteiger partial charge in [0, 0.05) is 17.4 Å². The third-order valence-corrected chi connectivity index (χ3v) is 5.83. The predicted molar refractivity (Wildman–Crippen MR) is 88.3 cm³/mol. The molecule has 0 aromatic heterocycles. The summed E-state index contributed by atoms with van der Waals surface area (Å²) in [6, 6.07) is 0. The molecule has 2 aliphatic carbocycles. The molecule has 6 heteroatoms. The fraction of sp³-hybridized carbons (Fsp3) is 0.632. The van der Waals surface area contributed by atoms with Crippen LogP contribution in [0.4, 0.5) is 0 Å². The van der Waals surface area contributed by atoms with Gasteiger partial charge in [0.2, 0.25) is 0 Å². The number of fused-ring (bicyclic) bond motifs is 3. The standard InChI is InChI=1S/C19H24O6/c1-8(2)17(22)24-12-7-19(5)13(21)6-11(20)9(3)15(19)16-14(12)10(4)18(23)25-16/h8,12-14,16,21H,4,6-7H2,1-3,5H3/t12-,13+,14+,16-,19-/m0/s1. The minimum absolute atomic E-state index is 0.0168. The summed E-state index contributed by atoms with van der Waals surface area (Å²) >= 11 is 0. The maximum Gasteiger partial charge on any atom is 0.334 e. The molecule has 0 unspecified atom stereocenters. The Hall–Kier alpha value is -1.95. The van der Waals surface area contributed by atoms with Gasteiger partial charge >= 0.3 is 11.9 Å². The normalized spacial score (nSPS) is 37.8. The minimum atomic E-state index is -0.910. The molecule has 0 amide bonds. The first kappa shape index (κ1) is 17.9. The number of ketones is 1. The Bertz CT molecular complexity index is 703. The van der Waals surface area contributed by atoms with E-state index < -0.39 is 35.6 Å². The number of aliphatic hydroxyl groups excluding tert-OH is 1. The second kappa shape index (κ2) is 5.80. The van der Waals surface area contributed by atoms with Crippen LogP contribution in [0, 0.1) is 17.3 Å². The van der Waals surface area contributed by atoms with E-state index in [0.717, 1.165) is 0 Å². The molecule has 0 radical (unpaired) electrons. The average Bonchev–Trinajstić information content (AvgIpc) is 2.80. The van der Waals surface area contributed by atoms with Crippen molar-refractivity contribution >= 4 is 17.7 Å². The number of ether oxygens (including phenoxy) is 2. The SMILES string of the molecule is C=C1C(=O)O[C@@H]2C3=C(C)C(=O)C[C@@H](O)[C@]3(C)C[C@H](OC(=O)C(C)C)[C@@H]12. The number of hydrogen-bond donors (Lipinski definition) is 1. The van der Waals surface area contributed by atoms with Crippen molar-refractivity contribution in [1.29, 1.82) is 0 Å². The van der Waals surface area contributed by atoms with Crippen LogP contribution in [0.2, 0.25) is 0 Å². The molecular formula is C19H24O6. The second-order valence-corrected chi connectivity index (χ2v) is 7.81. The van der Waals surface area contributed by atoms with Gasteiger partial charge in [0.1, 0.15) is 12.2 Å². The lowest BCUT2D eigenvalue weighted by Crippen LogP contribution is -2.54. The molecule has 2 fully saturated rings. The Labute approximate surface area is 146 Å². The summed E-state index contributed by atoms with van der Waals surface area (Å²) < 4.78 is 11.2. The van der Waals surface area contributed by atoms with Gasteiger partial charge in [-0.25, -0.2) is 4.79 Å². The van der Waals surface area contributed by atoms with Crippen LogP contribution < -0.4 is 0 Å². The molecule has 0 bridgehead atoms. The van der Waals surface area contributed by atoms with Gasteiger partial charge in [0.05, 0.1) is 17.9 Å². The van der Waals surface area contributed by atoms with Crippen molar-refractivity contribution in [3.05, 3.63) is 23.3 Å². The lowest BCUT2D eigenvalue weighted by atomic mass is 9.57. The molecule has 0 aromatic carbocycles. The van der Waals surface area contributed by atoms with Crippen LogP contribution in [-0.2, 0) is 23.9 Å². The molecule has 3 rings (SSSR count). The lowest BCUT2D eigenvalue weighted by molar-refractivity contribution is -0.163. The van der Waals surface area contributed by atoms with Gasteiger partial charge in [0.25, 0.3) is 0 Å². The highest BCUT2D eigenvalue weighted by Crippen LogP contribution is 2.55. The predicted octanol–water partition coefficient (Wildman–Crippen LogP) is 1.71. The Morgan fingerprint density at radius 3 is 2.64 bits per heavy atom. The van der Waals surface area contributed by atoms with Crippen LogP contribution in [0.15, 0.2) is 23.3 Å². The molecule has 25 heavy (non-hydrogen) atoms. The van der Waals surface area contributed by atoms with Crippen molar-refractivity contribution in [1.82, 2.24) is 0 Å². The molecule has 3 aliphatic rings. The fourth-order valence-corrected chi connectivity index (χ4v) is 4.28. The van der Waals surface area contributed by atoms with E-state index in [2.05, 4.69) is 6.58 Å². The van der Waals surface area contributed by atoms with Gasteiger partial charge in [-0.3, -0.25) is 9.59 Å². The number of carbonyl (C=O) groups is 3. The summed E-state index contributed by atoms with van der Waals surface area (Å²) in [4.78, 5) is 36.5. The van der Waals surface area contributed by atoms with Gasteiger partial charge < -0.3 is 14.6 Å². The monoisotopic (exact) mass is 348 g/mol. The summed E-state index contributed by atoms with van der Waals surface area (Å²) in [6.45, 7) is 10.8. The molecular weight excluding hydrogens is 324 g/mol. The van der Waals surface area contributed by atoms with Crippen molar-refractivity contribution in [3.63, 3.8) is 0 Å². The van der Waals surface area contributed by atoms with Gasteiger partial charge in [0.15, 0.2) is 5.78 Å². The van der Waals surface area contributed by atoms with E-state index in [-0.39, 0.29) is 29.7 Å². The van der Waals surface area contributed by atoms with Gasteiger partial charge in [-0.15, -0.1) is 0 Å². The maximum atomic E-state index is 12.2. The average molecular weight is 348 g/mol. The summed E-state index contributed by atoms with van der Waals surface area (Å²) in [5.41, 5.74) is 0.636. The van der Waals surface area contributed by atoms with E-state index in [1.54, 1.807) is 20.8 Å². The molecule has 0 aromatic rings. The van der Waals surface area contributed by atoms with Crippen molar-refractivity contribution in [3.8, 4) is 0 Å². The highest BCUT2D eigenvalue weighted by atomic mass is 16.6. The van der Waals surface area contributed by atoms with Crippen LogP contribution >= 0.6 is 0 Å². The molecule has 1 saturated carbocycles. The van der Waals surface area contributed by atoms with Gasteiger partial charge in [-0.05, 0) is 24.5 Å². The molecule has 1 heterocycles. The topological polar surface area (TPSA) is 89.9 Å². The maximum absolute atomic E-state index is 12.2. The second-order valence-electron chi connectivity index (χ2n) is 7.81.